The lowest BCUT2D eigenvalue weighted by Crippen LogP contribution is -2.57. The highest BCUT2D eigenvalue weighted by molar-refractivity contribution is 5.86. The van der Waals surface area contributed by atoms with Gasteiger partial charge in [-0.1, -0.05) is 86.6 Å². The number of halogens is 1. The first-order valence-electron chi connectivity index (χ1n) is 15.6. The van der Waals surface area contributed by atoms with Crippen molar-refractivity contribution in [2.75, 3.05) is 26.2 Å². The number of hydrogen-bond donors (Lipinski definition) is 2. The van der Waals surface area contributed by atoms with Crippen LogP contribution in [0.3, 0.4) is 0 Å². The molecule has 8 heteroatoms. The summed E-state index contributed by atoms with van der Waals surface area (Å²) in [5.74, 6) is -0.163. The number of carbonyl (C=O) groups is 3. The van der Waals surface area contributed by atoms with Crippen LogP contribution in [0, 0.1) is 5.92 Å². The van der Waals surface area contributed by atoms with E-state index in [4.69, 9.17) is 0 Å². The molecule has 0 aliphatic carbocycles. The van der Waals surface area contributed by atoms with Crippen LogP contribution in [0.15, 0.2) is 72.8 Å². The first kappa shape index (κ1) is 34.1. The van der Waals surface area contributed by atoms with Gasteiger partial charge in [-0.3, -0.25) is 14.4 Å². The summed E-state index contributed by atoms with van der Waals surface area (Å²) in [6.07, 6.45) is 5.52. The zero-order valence-corrected chi connectivity index (χ0v) is 26.4. The Morgan fingerprint density at radius 1 is 0.930 bits per heavy atom. The molecular weight excluding hydrogens is 560 g/mol. The molecule has 1 fully saturated rings. The Hall–Kier alpha value is -3.42. The molecule has 1 aliphatic heterocycles. The van der Waals surface area contributed by atoms with Crippen LogP contribution in [-0.4, -0.2) is 66.4 Å². The van der Waals surface area contributed by atoms with E-state index in [0.29, 0.717) is 25.9 Å². The number of benzene rings is 3. The van der Waals surface area contributed by atoms with Gasteiger partial charge in [0.1, 0.15) is 12.2 Å². The fourth-order valence-corrected chi connectivity index (χ4v) is 6.01. The van der Waals surface area contributed by atoms with Gasteiger partial charge in [0, 0.05) is 25.4 Å². The second kappa shape index (κ2) is 17.6. The lowest BCUT2D eigenvalue weighted by molar-refractivity contribution is -0.147. The van der Waals surface area contributed by atoms with E-state index >= 15 is 0 Å². The number of carbonyl (C=O) groups excluding carboxylic acids is 3. The van der Waals surface area contributed by atoms with Crippen molar-refractivity contribution >= 4 is 41.4 Å². The third kappa shape index (κ3) is 9.28. The molecule has 0 saturated carbocycles. The monoisotopic (exact) mass is 606 g/mol. The van der Waals surface area contributed by atoms with Crippen LogP contribution in [0.2, 0.25) is 0 Å². The molecule has 1 heterocycles. The van der Waals surface area contributed by atoms with Crippen LogP contribution in [0.5, 0.6) is 0 Å². The predicted molar refractivity (Wildman–Crippen MR) is 176 cm³/mol. The van der Waals surface area contributed by atoms with Gasteiger partial charge >= 0.3 is 0 Å². The topological polar surface area (TPSA) is 81.8 Å². The number of hydrogen-bond acceptors (Lipinski definition) is 4. The minimum atomic E-state index is -0.713. The van der Waals surface area contributed by atoms with Crippen LogP contribution in [-0.2, 0) is 27.2 Å². The van der Waals surface area contributed by atoms with E-state index in [1.807, 2.05) is 43.0 Å². The summed E-state index contributed by atoms with van der Waals surface area (Å²) in [4.78, 5) is 43.3. The van der Waals surface area contributed by atoms with Gasteiger partial charge in [-0.2, -0.15) is 0 Å². The number of likely N-dealkylation sites (tertiary alicyclic amines) is 1. The first-order chi connectivity index (χ1) is 20.5. The zero-order chi connectivity index (χ0) is 29.7. The van der Waals surface area contributed by atoms with Gasteiger partial charge in [0.05, 0.1) is 0 Å². The standard InChI is InChI=1S/C35H46N4O3.ClH/c1-3-29(4-2)35(42)38-23-10-16-33(38)39(26-40)32(25-28-17-18-30-14-8-9-15-31(30)24-28)34(41)37-21-11-20-36-22-19-27-12-6-5-7-13-27;/h5-9,12-15,17-18,24,26,29,32-33,36H,3-4,10-11,16,19-23,25H2,1-2H3,(H,37,41);1H/t32-,33?;/m1./s1. The normalized spacial score (nSPS) is 15.2. The Bertz CT molecular complexity index is 1300. The van der Waals surface area contributed by atoms with E-state index in [0.717, 1.165) is 67.9 Å². The van der Waals surface area contributed by atoms with E-state index < -0.39 is 12.2 Å². The van der Waals surface area contributed by atoms with Crippen molar-refractivity contribution in [3.63, 3.8) is 0 Å². The average molecular weight is 607 g/mol. The van der Waals surface area contributed by atoms with Crippen LogP contribution in [0.25, 0.3) is 10.8 Å². The Morgan fingerprint density at radius 2 is 1.65 bits per heavy atom. The Kier molecular flexibility index (Phi) is 14.0. The highest BCUT2D eigenvalue weighted by Gasteiger charge is 2.39. The summed E-state index contributed by atoms with van der Waals surface area (Å²) in [7, 11) is 0. The maximum absolute atomic E-state index is 13.7. The summed E-state index contributed by atoms with van der Waals surface area (Å²) in [6.45, 7) is 6.86. The van der Waals surface area contributed by atoms with E-state index in [1.165, 1.54) is 5.56 Å². The van der Waals surface area contributed by atoms with Crippen LogP contribution >= 0.6 is 12.4 Å². The molecule has 4 rings (SSSR count). The SMILES string of the molecule is CCC(CC)C(=O)N1CCCC1N(C=O)[C@H](Cc1ccc2ccccc2c1)C(=O)NCCCNCCc1ccccc1.Cl. The van der Waals surface area contributed by atoms with Crippen molar-refractivity contribution in [2.24, 2.45) is 5.92 Å². The highest BCUT2D eigenvalue weighted by atomic mass is 35.5. The molecule has 0 spiro atoms. The molecule has 43 heavy (non-hydrogen) atoms. The van der Waals surface area contributed by atoms with Crippen molar-refractivity contribution in [3.8, 4) is 0 Å². The van der Waals surface area contributed by atoms with Crippen LogP contribution in [0.4, 0.5) is 0 Å². The summed E-state index contributed by atoms with van der Waals surface area (Å²) < 4.78 is 0. The lowest BCUT2D eigenvalue weighted by Gasteiger charge is -2.38. The van der Waals surface area contributed by atoms with Gasteiger partial charge < -0.3 is 20.4 Å². The van der Waals surface area contributed by atoms with Gasteiger partial charge in [-0.25, -0.2) is 0 Å². The van der Waals surface area contributed by atoms with Gasteiger partial charge in [0.15, 0.2) is 0 Å². The van der Waals surface area contributed by atoms with E-state index in [2.05, 4.69) is 59.2 Å². The minimum Gasteiger partial charge on any atom is -0.354 e. The quantitative estimate of drug-likeness (QED) is 0.170. The summed E-state index contributed by atoms with van der Waals surface area (Å²) >= 11 is 0. The number of nitrogens with zero attached hydrogens (tertiary/aromatic N) is 2. The van der Waals surface area contributed by atoms with Crippen molar-refractivity contribution in [1.82, 2.24) is 20.4 Å². The smallest absolute Gasteiger partial charge is 0.243 e. The summed E-state index contributed by atoms with van der Waals surface area (Å²) in [5.41, 5.74) is 2.28. The molecule has 7 nitrogen and oxygen atoms in total. The number of rotatable bonds is 16. The predicted octanol–water partition coefficient (Wildman–Crippen LogP) is 5.35. The third-order valence-corrected chi connectivity index (χ3v) is 8.47. The molecule has 2 atom stereocenters. The zero-order valence-electron chi connectivity index (χ0n) is 25.5. The van der Waals surface area contributed by atoms with E-state index in [-0.39, 0.29) is 30.1 Å². The minimum absolute atomic E-state index is 0. The summed E-state index contributed by atoms with van der Waals surface area (Å²) in [5, 5.41) is 8.77. The van der Waals surface area contributed by atoms with Gasteiger partial charge in [-0.05, 0) is 73.5 Å². The average Bonchev–Trinajstić information content (AvgIpc) is 3.51. The Balaban J connectivity index is 0.00000506. The molecular formula is C35H47ClN4O3. The van der Waals surface area contributed by atoms with Gasteiger partial charge in [0.2, 0.25) is 18.2 Å². The van der Waals surface area contributed by atoms with E-state index in [1.54, 1.807) is 4.90 Å². The van der Waals surface area contributed by atoms with Crippen LogP contribution in [0.1, 0.15) is 57.1 Å². The van der Waals surface area contributed by atoms with Crippen molar-refractivity contribution in [2.45, 2.75) is 71.0 Å². The Labute approximate surface area is 262 Å². The molecule has 3 amide bonds. The van der Waals surface area contributed by atoms with Crippen molar-refractivity contribution in [3.05, 3.63) is 83.9 Å². The molecule has 232 valence electrons. The van der Waals surface area contributed by atoms with Crippen molar-refractivity contribution in [1.29, 1.82) is 0 Å². The van der Waals surface area contributed by atoms with Crippen LogP contribution < -0.4 is 10.6 Å². The van der Waals surface area contributed by atoms with E-state index in [9.17, 15) is 14.4 Å². The molecule has 3 aromatic carbocycles. The molecule has 3 aromatic rings. The molecule has 1 saturated heterocycles. The number of fused-ring (bicyclic) bond motifs is 1. The maximum atomic E-state index is 13.7. The largest absolute Gasteiger partial charge is 0.354 e. The second-order valence-corrected chi connectivity index (χ2v) is 11.3. The fourth-order valence-electron chi connectivity index (χ4n) is 6.01. The molecule has 1 unspecified atom stereocenters. The number of amides is 3. The summed E-state index contributed by atoms with van der Waals surface area (Å²) in [6, 6.07) is 24.0. The second-order valence-electron chi connectivity index (χ2n) is 11.3. The maximum Gasteiger partial charge on any atom is 0.243 e. The lowest BCUT2D eigenvalue weighted by atomic mass is 9.99. The molecule has 0 radical (unpaired) electrons. The van der Waals surface area contributed by atoms with Crippen molar-refractivity contribution < 1.29 is 14.4 Å². The first-order valence-corrected chi connectivity index (χ1v) is 15.6. The molecule has 0 aromatic heterocycles. The van der Waals surface area contributed by atoms with Gasteiger partial charge in [0.25, 0.3) is 0 Å². The molecule has 0 bridgehead atoms. The Morgan fingerprint density at radius 3 is 2.37 bits per heavy atom. The fraction of sp³-hybridized carbons (Fsp3) is 0.457. The van der Waals surface area contributed by atoms with Gasteiger partial charge in [-0.15, -0.1) is 12.4 Å². The molecule has 1 aliphatic rings. The molecule has 2 N–H and O–H groups in total. The highest BCUT2D eigenvalue weighted by Crippen LogP contribution is 2.27. The third-order valence-electron chi connectivity index (χ3n) is 8.47. The number of nitrogens with one attached hydrogen (secondary N) is 2.